The van der Waals surface area contributed by atoms with E-state index in [2.05, 4.69) is 3.30 Å². The molecule has 0 unspecified atom stereocenters. The molecule has 33 valence electrons. The van der Waals surface area contributed by atoms with E-state index in [4.69, 9.17) is 0 Å². The molecule has 0 aromatic carbocycles. The second-order valence-corrected chi connectivity index (χ2v) is 1.80. The SMILES string of the molecule is CCC(=O)[NH][Hf]. The molecular formula is C3H6HfNO. The Kier molecular flexibility index (Phi) is 3.73. The van der Waals surface area contributed by atoms with Gasteiger partial charge in [-0.2, -0.15) is 0 Å². The fourth-order valence-corrected chi connectivity index (χ4v) is 0.723. The third-order valence-corrected chi connectivity index (χ3v) is 1.46. The van der Waals surface area contributed by atoms with Crippen LogP contribution in [0.2, 0.25) is 0 Å². The van der Waals surface area contributed by atoms with Gasteiger partial charge >= 0.3 is 52.0 Å². The number of carbonyl (C=O) groups excluding carboxylic acids is 1. The van der Waals surface area contributed by atoms with Crippen molar-refractivity contribution in [2.45, 2.75) is 13.3 Å². The van der Waals surface area contributed by atoms with E-state index in [1.807, 2.05) is 6.92 Å². The summed E-state index contributed by atoms with van der Waals surface area (Å²) in [5, 5.41) is 0. The minimum atomic E-state index is 0.154. The van der Waals surface area contributed by atoms with E-state index in [1.54, 1.807) is 0 Å². The molecule has 0 radical (unpaired) electrons. The predicted molar refractivity (Wildman–Crippen MR) is 18.4 cm³/mol. The van der Waals surface area contributed by atoms with Gasteiger partial charge in [0.15, 0.2) is 0 Å². The second-order valence-electron chi connectivity index (χ2n) is 0.902. The zero-order chi connectivity index (χ0) is 4.99. The summed E-state index contributed by atoms with van der Waals surface area (Å²) in [7, 11) is 0. The van der Waals surface area contributed by atoms with Crippen LogP contribution in [-0.4, -0.2) is 5.91 Å². The fourth-order valence-electron chi connectivity index (χ4n) is 0.0884. The third kappa shape index (κ3) is 2.57. The first-order valence-corrected chi connectivity index (χ1v) is 3.56. The van der Waals surface area contributed by atoms with Crippen molar-refractivity contribution in [2.75, 3.05) is 0 Å². The van der Waals surface area contributed by atoms with E-state index in [0.29, 0.717) is 6.42 Å². The number of hydrogen-bond acceptors (Lipinski definition) is 1. The van der Waals surface area contributed by atoms with Crippen LogP contribution in [-0.2, 0) is 29.5 Å². The van der Waals surface area contributed by atoms with Crippen molar-refractivity contribution in [2.24, 2.45) is 0 Å². The molecule has 0 bridgehead atoms. The van der Waals surface area contributed by atoms with Gasteiger partial charge in [0, 0.05) is 0 Å². The molecule has 0 rings (SSSR count). The maximum atomic E-state index is 10.1. The zero-order valence-corrected chi connectivity index (χ0v) is 7.21. The van der Waals surface area contributed by atoms with Crippen LogP contribution in [0.5, 0.6) is 0 Å². The summed E-state index contributed by atoms with van der Waals surface area (Å²) >= 11 is 0.783. The van der Waals surface area contributed by atoms with Crippen LogP contribution in [0.1, 0.15) is 13.3 Å². The Hall–Kier alpha value is 0.340. The zero-order valence-electron chi connectivity index (χ0n) is 3.62. The second kappa shape index (κ2) is 3.53. The first kappa shape index (κ1) is 6.34. The van der Waals surface area contributed by atoms with Gasteiger partial charge in [-0.05, 0) is 0 Å². The van der Waals surface area contributed by atoms with Crippen molar-refractivity contribution >= 4 is 5.91 Å². The summed E-state index contributed by atoms with van der Waals surface area (Å²) in [5.41, 5.74) is 0. The van der Waals surface area contributed by atoms with Gasteiger partial charge in [0.1, 0.15) is 0 Å². The van der Waals surface area contributed by atoms with Gasteiger partial charge < -0.3 is 0 Å². The van der Waals surface area contributed by atoms with E-state index >= 15 is 0 Å². The summed E-state index contributed by atoms with van der Waals surface area (Å²) in [6.07, 6.45) is 0.615. The standard InChI is InChI=1S/C3H7NO.Hf/c1-2-3(4)5;/h2H2,1H3,(H2,4,5);/q;+1/p-1. The molecule has 0 fully saturated rings. The van der Waals surface area contributed by atoms with Gasteiger partial charge in [-0.15, -0.1) is 0 Å². The van der Waals surface area contributed by atoms with E-state index in [9.17, 15) is 4.79 Å². The van der Waals surface area contributed by atoms with E-state index in [0.717, 1.165) is 24.7 Å². The monoisotopic (exact) mass is 252 g/mol. The Morgan fingerprint density at radius 1 is 2.00 bits per heavy atom. The Bertz CT molecular complexity index is 48.8. The van der Waals surface area contributed by atoms with Gasteiger partial charge in [-0.3, -0.25) is 0 Å². The van der Waals surface area contributed by atoms with E-state index < -0.39 is 0 Å². The summed E-state index contributed by atoms with van der Waals surface area (Å²) in [6, 6.07) is 0. The molecule has 0 saturated heterocycles. The third-order valence-electron chi connectivity index (χ3n) is 0.461. The molecule has 0 saturated carbocycles. The average molecular weight is 251 g/mol. The molecule has 0 aliphatic rings. The summed E-state index contributed by atoms with van der Waals surface area (Å²) in [4.78, 5) is 10.1. The van der Waals surface area contributed by atoms with Crippen LogP contribution in [0.4, 0.5) is 0 Å². The number of rotatable bonds is 1. The number of amides is 1. The van der Waals surface area contributed by atoms with Crippen molar-refractivity contribution in [3.63, 3.8) is 0 Å². The average Bonchev–Trinajstić information content (AvgIpc) is 1.65. The summed E-state index contributed by atoms with van der Waals surface area (Å²) in [6.45, 7) is 1.84. The molecular weight excluding hydrogens is 245 g/mol. The van der Waals surface area contributed by atoms with Gasteiger partial charge in [0.05, 0.1) is 0 Å². The van der Waals surface area contributed by atoms with Crippen LogP contribution >= 0.6 is 0 Å². The number of hydrogen-bond donors (Lipinski definition) is 1. The quantitative estimate of drug-likeness (QED) is 0.651. The van der Waals surface area contributed by atoms with Crippen molar-refractivity contribution in [1.82, 2.24) is 3.30 Å². The van der Waals surface area contributed by atoms with Crippen LogP contribution < -0.4 is 3.30 Å². The molecule has 3 heteroatoms. The van der Waals surface area contributed by atoms with Crippen molar-refractivity contribution < 1.29 is 29.5 Å². The number of carbonyl (C=O) groups is 1. The molecule has 0 aromatic rings. The van der Waals surface area contributed by atoms with Gasteiger partial charge in [0.25, 0.3) is 0 Å². The summed E-state index contributed by atoms with van der Waals surface area (Å²) < 4.78 is 2.61. The summed E-state index contributed by atoms with van der Waals surface area (Å²) in [5.74, 6) is 0.154. The minimum absolute atomic E-state index is 0.154. The molecule has 1 amide bonds. The first-order valence-electron chi connectivity index (χ1n) is 1.76. The predicted octanol–water partition coefficient (Wildman–Crippen LogP) is -0.0256. The molecule has 2 nitrogen and oxygen atoms in total. The molecule has 0 spiro atoms. The Balaban J connectivity index is 2.99. The van der Waals surface area contributed by atoms with Crippen molar-refractivity contribution in [3.8, 4) is 0 Å². The van der Waals surface area contributed by atoms with Crippen LogP contribution in [0.25, 0.3) is 0 Å². The van der Waals surface area contributed by atoms with Crippen molar-refractivity contribution in [3.05, 3.63) is 0 Å². The van der Waals surface area contributed by atoms with E-state index in [-0.39, 0.29) is 5.91 Å². The molecule has 0 aromatic heterocycles. The van der Waals surface area contributed by atoms with Crippen molar-refractivity contribution in [1.29, 1.82) is 0 Å². The van der Waals surface area contributed by atoms with E-state index in [1.165, 1.54) is 0 Å². The molecule has 0 heterocycles. The molecule has 0 atom stereocenters. The maximum absolute atomic E-state index is 10.1. The molecule has 1 N–H and O–H groups in total. The normalized spacial score (nSPS) is 7.33. The topological polar surface area (TPSA) is 29.1 Å². The first-order chi connectivity index (χ1) is 2.81. The van der Waals surface area contributed by atoms with Gasteiger partial charge in [-0.1, -0.05) is 0 Å². The fraction of sp³-hybridized carbons (Fsp3) is 0.667. The molecule has 0 aliphatic heterocycles. The van der Waals surface area contributed by atoms with Crippen LogP contribution in [0.15, 0.2) is 0 Å². The Labute approximate surface area is 52.3 Å². The van der Waals surface area contributed by atoms with Gasteiger partial charge in [0.2, 0.25) is 0 Å². The molecule has 0 aliphatic carbocycles. The number of nitrogens with one attached hydrogen (secondary N) is 1. The Morgan fingerprint density at radius 2 is 2.50 bits per heavy atom. The Morgan fingerprint density at radius 3 is 2.50 bits per heavy atom. The van der Waals surface area contributed by atoms with Gasteiger partial charge in [-0.25, -0.2) is 0 Å². The van der Waals surface area contributed by atoms with Crippen LogP contribution in [0.3, 0.4) is 0 Å². The molecule has 6 heavy (non-hydrogen) atoms. The van der Waals surface area contributed by atoms with Crippen LogP contribution in [0, 0.1) is 0 Å².